The van der Waals surface area contributed by atoms with Crippen LogP contribution in [0.15, 0.2) is 66.7 Å². The standard InChI is InChI=1S/C24H23ClN2O2/c1-17-22(11-12-23(26-17)18-5-3-2-4-6-18)24(28)27-15-13-21(14-16-27)29-20-9-7-19(25)8-10-20/h2-12,21H,13-16H2,1H3. The molecule has 1 saturated heterocycles. The number of rotatable bonds is 4. The van der Waals surface area contributed by atoms with Gasteiger partial charge in [0.15, 0.2) is 0 Å². The second-order valence-corrected chi connectivity index (χ2v) is 7.70. The van der Waals surface area contributed by atoms with Crippen LogP contribution < -0.4 is 4.74 Å². The average Bonchev–Trinajstić information content (AvgIpc) is 2.76. The van der Waals surface area contributed by atoms with Gasteiger partial charge in [-0.25, -0.2) is 0 Å². The monoisotopic (exact) mass is 406 g/mol. The topological polar surface area (TPSA) is 42.4 Å². The number of aryl methyl sites for hydroxylation is 1. The highest BCUT2D eigenvalue weighted by Crippen LogP contribution is 2.23. The van der Waals surface area contributed by atoms with Crippen molar-refractivity contribution >= 4 is 17.5 Å². The third kappa shape index (κ3) is 4.60. The van der Waals surface area contributed by atoms with Gasteiger partial charge in [-0.05, 0) is 43.3 Å². The van der Waals surface area contributed by atoms with Crippen LogP contribution in [0.5, 0.6) is 5.75 Å². The summed E-state index contributed by atoms with van der Waals surface area (Å²) >= 11 is 5.92. The Labute approximate surface area is 176 Å². The fourth-order valence-electron chi connectivity index (χ4n) is 3.61. The number of hydrogen-bond donors (Lipinski definition) is 0. The van der Waals surface area contributed by atoms with Crippen LogP contribution in [0.1, 0.15) is 28.9 Å². The maximum absolute atomic E-state index is 13.0. The molecule has 0 unspecified atom stereocenters. The lowest BCUT2D eigenvalue weighted by Crippen LogP contribution is -2.42. The number of benzene rings is 2. The first-order valence-corrected chi connectivity index (χ1v) is 10.2. The quantitative estimate of drug-likeness (QED) is 0.583. The number of ether oxygens (including phenoxy) is 1. The molecule has 4 rings (SSSR count). The zero-order chi connectivity index (χ0) is 20.2. The Kier molecular flexibility index (Phi) is 5.81. The SMILES string of the molecule is Cc1nc(-c2ccccc2)ccc1C(=O)N1CCC(Oc2ccc(Cl)cc2)CC1. The van der Waals surface area contributed by atoms with Crippen molar-refractivity contribution in [2.75, 3.05) is 13.1 Å². The molecule has 3 aromatic rings. The second kappa shape index (κ2) is 8.66. The normalized spacial score (nSPS) is 14.6. The summed E-state index contributed by atoms with van der Waals surface area (Å²) in [5.41, 5.74) is 3.36. The van der Waals surface area contributed by atoms with Crippen LogP contribution in [-0.4, -0.2) is 35.0 Å². The molecule has 0 N–H and O–H groups in total. The van der Waals surface area contributed by atoms with E-state index in [9.17, 15) is 4.79 Å². The highest BCUT2D eigenvalue weighted by atomic mass is 35.5. The van der Waals surface area contributed by atoms with Gasteiger partial charge in [0, 0.05) is 36.5 Å². The fraction of sp³-hybridized carbons (Fsp3) is 0.250. The number of amides is 1. The smallest absolute Gasteiger partial charge is 0.255 e. The Bertz CT molecular complexity index is 982. The van der Waals surface area contributed by atoms with Gasteiger partial charge in [-0.2, -0.15) is 0 Å². The van der Waals surface area contributed by atoms with Gasteiger partial charge in [-0.15, -0.1) is 0 Å². The summed E-state index contributed by atoms with van der Waals surface area (Å²) in [4.78, 5) is 19.6. The summed E-state index contributed by atoms with van der Waals surface area (Å²) in [5.74, 6) is 0.857. The molecule has 2 aromatic carbocycles. The van der Waals surface area contributed by atoms with Gasteiger partial charge in [0.1, 0.15) is 11.9 Å². The molecule has 0 bridgehead atoms. The van der Waals surface area contributed by atoms with Crippen LogP contribution >= 0.6 is 11.6 Å². The van der Waals surface area contributed by atoms with E-state index in [0.29, 0.717) is 23.7 Å². The van der Waals surface area contributed by atoms with Crippen LogP contribution in [0.25, 0.3) is 11.3 Å². The number of hydrogen-bond acceptors (Lipinski definition) is 3. The van der Waals surface area contributed by atoms with Gasteiger partial charge in [0.2, 0.25) is 0 Å². The molecule has 0 spiro atoms. The molecule has 4 nitrogen and oxygen atoms in total. The zero-order valence-corrected chi connectivity index (χ0v) is 17.1. The van der Waals surface area contributed by atoms with Gasteiger partial charge in [-0.1, -0.05) is 41.9 Å². The predicted molar refractivity (Wildman–Crippen MR) is 115 cm³/mol. The van der Waals surface area contributed by atoms with E-state index in [0.717, 1.165) is 35.5 Å². The Morgan fingerprint density at radius 1 is 1.00 bits per heavy atom. The van der Waals surface area contributed by atoms with Crippen LogP contribution in [0, 0.1) is 6.92 Å². The number of nitrogens with zero attached hydrogens (tertiary/aromatic N) is 2. The van der Waals surface area contributed by atoms with E-state index in [1.54, 1.807) is 0 Å². The lowest BCUT2D eigenvalue weighted by molar-refractivity contribution is 0.0594. The number of piperidine rings is 1. The third-order valence-electron chi connectivity index (χ3n) is 5.23. The minimum absolute atomic E-state index is 0.0413. The number of carbonyl (C=O) groups excluding carboxylic acids is 1. The molecule has 1 aliphatic heterocycles. The first-order chi connectivity index (χ1) is 14.1. The summed E-state index contributed by atoms with van der Waals surface area (Å²) < 4.78 is 6.02. The van der Waals surface area contributed by atoms with Gasteiger partial charge >= 0.3 is 0 Å². The van der Waals surface area contributed by atoms with Crippen molar-refractivity contribution in [1.82, 2.24) is 9.88 Å². The molecule has 1 amide bonds. The summed E-state index contributed by atoms with van der Waals surface area (Å²) in [7, 11) is 0. The van der Waals surface area contributed by atoms with Crippen molar-refractivity contribution in [3.8, 4) is 17.0 Å². The van der Waals surface area contributed by atoms with Gasteiger partial charge in [0.05, 0.1) is 17.0 Å². The number of likely N-dealkylation sites (tertiary alicyclic amines) is 1. The molecule has 0 atom stereocenters. The maximum atomic E-state index is 13.0. The minimum Gasteiger partial charge on any atom is -0.490 e. The van der Waals surface area contributed by atoms with Gasteiger partial charge in [-0.3, -0.25) is 9.78 Å². The fourth-order valence-corrected chi connectivity index (χ4v) is 3.74. The molecule has 1 aliphatic rings. The Balaban J connectivity index is 1.38. The maximum Gasteiger partial charge on any atom is 0.255 e. The van der Waals surface area contributed by atoms with E-state index in [4.69, 9.17) is 16.3 Å². The van der Waals surface area contributed by atoms with E-state index in [1.807, 2.05) is 78.6 Å². The molecule has 2 heterocycles. The molecule has 29 heavy (non-hydrogen) atoms. The van der Waals surface area contributed by atoms with E-state index in [1.165, 1.54) is 0 Å². The van der Waals surface area contributed by atoms with Crippen LogP contribution in [0.4, 0.5) is 0 Å². The van der Waals surface area contributed by atoms with Gasteiger partial charge in [0.25, 0.3) is 5.91 Å². The highest BCUT2D eigenvalue weighted by molar-refractivity contribution is 6.30. The van der Waals surface area contributed by atoms with Crippen LogP contribution in [-0.2, 0) is 0 Å². The first kappa shape index (κ1) is 19.5. The lowest BCUT2D eigenvalue weighted by atomic mass is 10.0. The molecule has 1 fully saturated rings. The number of pyridine rings is 1. The van der Waals surface area contributed by atoms with E-state index < -0.39 is 0 Å². The minimum atomic E-state index is 0.0413. The van der Waals surface area contributed by atoms with Crippen molar-refractivity contribution in [2.24, 2.45) is 0 Å². The first-order valence-electron chi connectivity index (χ1n) is 9.85. The van der Waals surface area contributed by atoms with Crippen LogP contribution in [0.3, 0.4) is 0 Å². The average molecular weight is 407 g/mol. The van der Waals surface area contributed by atoms with Crippen molar-refractivity contribution in [3.05, 3.63) is 83.0 Å². The summed E-state index contributed by atoms with van der Waals surface area (Å²) in [5, 5.41) is 0.694. The zero-order valence-electron chi connectivity index (χ0n) is 16.3. The van der Waals surface area contributed by atoms with Crippen molar-refractivity contribution in [2.45, 2.75) is 25.9 Å². The summed E-state index contributed by atoms with van der Waals surface area (Å²) in [6.07, 6.45) is 1.73. The Hall–Kier alpha value is -2.85. The molecular formula is C24H23ClN2O2. The van der Waals surface area contributed by atoms with Crippen molar-refractivity contribution in [3.63, 3.8) is 0 Å². The summed E-state index contributed by atoms with van der Waals surface area (Å²) in [6, 6.07) is 21.2. The summed E-state index contributed by atoms with van der Waals surface area (Å²) in [6.45, 7) is 3.25. The molecule has 0 aliphatic carbocycles. The van der Waals surface area contributed by atoms with Gasteiger partial charge < -0.3 is 9.64 Å². The van der Waals surface area contributed by atoms with E-state index in [2.05, 4.69) is 4.98 Å². The van der Waals surface area contributed by atoms with E-state index >= 15 is 0 Å². The predicted octanol–water partition coefficient (Wildman–Crippen LogP) is 5.39. The number of halogens is 1. The molecule has 1 aromatic heterocycles. The molecular weight excluding hydrogens is 384 g/mol. The molecule has 148 valence electrons. The van der Waals surface area contributed by atoms with Crippen LogP contribution in [0.2, 0.25) is 5.02 Å². The number of carbonyl (C=O) groups is 1. The largest absolute Gasteiger partial charge is 0.490 e. The molecule has 5 heteroatoms. The van der Waals surface area contributed by atoms with Crippen molar-refractivity contribution < 1.29 is 9.53 Å². The molecule has 0 saturated carbocycles. The highest BCUT2D eigenvalue weighted by Gasteiger charge is 2.26. The third-order valence-corrected chi connectivity index (χ3v) is 5.48. The lowest BCUT2D eigenvalue weighted by Gasteiger charge is -2.32. The Morgan fingerprint density at radius 3 is 2.34 bits per heavy atom. The van der Waals surface area contributed by atoms with Crippen molar-refractivity contribution in [1.29, 1.82) is 0 Å². The second-order valence-electron chi connectivity index (χ2n) is 7.26. The number of aromatic nitrogens is 1. The molecule has 0 radical (unpaired) electrons. The van der Waals surface area contributed by atoms with E-state index in [-0.39, 0.29) is 12.0 Å². The Morgan fingerprint density at radius 2 is 1.69 bits per heavy atom.